The third kappa shape index (κ3) is 2.71. The zero-order valence-corrected chi connectivity index (χ0v) is 11.7. The van der Waals surface area contributed by atoms with Gasteiger partial charge in [-0.1, -0.05) is 24.3 Å². The van der Waals surface area contributed by atoms with Gasteiger partial charge >= 0.3 is 5.97 Å². The Morgan fingerprint density at radius 1 is 1.19 bits per heavy atom. The summed E-state index contributed by atoms with van der Waals surface area (Å²) in [5.41, 5.74) is 1.62. The van der Waals surface area contributed by atoms with Gasteiger partial charge in [0, 0.05) is 11.6 Å². The Hall–Kier alpha value is -2.47. The summed E-state index contributed by atoms with van der Waals surface area (Å²) in [5, 5.41) is 9.93. The van der Waals surface area contributed by atoms with Gasteiger partial charge in [-0.25, -0.2) is 4.79 Å². The molecule has 2 aromatic heterocycles. The van der Waals surface area contributed by atoms with Crippen LogP contribution in [0.25, 0.3) is 10.9 Å². The van der Waals surface area contributed by atoms with Crippen LogP contribution in [0.15, 0.2) is 58.2 Å². The molecule has 5 nitrogen and oxygen atoms in total. The second-order valence-corrected chi connectivity index (χ2v) is 5.79. The van der Waals surface area contributed by atoms with Crippen molar-refractivity contribution in [2.75, 3.05) is 0 Å². The largest absolute Gasteiger partial charge is 0.475 e. The van der Waals surface area contributed by atoms with E-state index in [1.54, 1.807) is 6.20 Å². The van der Waals surface area contributed by atoms with Crippen molar-refractivity contribution in [1.82, 2.24) is 4.98 Å². The van der Waals surface area contributed by atoms with Crippen molar-refractivity contribution in [3.8, 4) is 0 Å². The Kier molecular flexibility index (Phi) is 3.53. The number of nitrogens with zero attached hydrogens (tertiary/aromatic N) is 1. The van der Waals surface area contributed by atoms with E-state index in [0.717, 1.165) is 16.5 Å². The molecule has 0 aliphatic heterocycles. The second kappa shape index (κ2) is 5.49. The van der Waals surface area contributed by atoms with Crippen molar-refractivity contribution in [3.63, 3.8) is 0 Å². The van der Waals surface area contributed by atoms with Gasteiger partial charge in [0.2, 0.25) is 5.76 Å². The minimum Gasteiger partial charge on any atom is -0.475 e. The minimum absolute atomic E-state index is 0.153. The highest BCUT2D eigenvalue weighted by Crippen LogP contribution is 2.21. The summed E-state index contributed by atoms with van der Waals surface area (Å²) in [6, 6.07) is 12.2. The highest BCUT2D eigenvalue weighted by atomic mass is 32.2. The minimum atomic E-state index is -1.46. The number of carboxylic acids is 1. The summed E-state index contributed by atoms with van der Waals surface area (Å²) in [6.07, 6.45) is 1.68. The molecule has 106 valence electrons. The molecule has 0 radical (unpaired) electrons. The Labute approximate surface area is 122 Å². The van der Waals surface area contributed by atoms with E-state index in [1.807, 2.05) is 30.3 Å². The predicted octanol–water partition coefficient (Wildman–Crippen LogP) is 2.83. The Morgan fingerprint density at radius 2 is 2.00 bits per heavy atom. The van der Waals surface area contributed by atoms with Crippen molar-refractivity contribution in [2.45, 2.75) is 10.8 Å². The van der Waals surface area contributed by atoms with Crippen LogP contribution in [0.3, 0.4) is 0 Å². The molecule has 0 amide bonds. The van der Waals surface area contributed by atoms with E-state index in [9.17, 15) is 9.00 Å². The van der Waals surface area contributed by atoms with Gasteiger partial charge in [0.05, 0.1) is 22.1 Å². The van der Waals surface area contributed by atoms with Crippen LogP contribution in [0.4, 0.5) is 0 Å². The molecule has 3 rings (SSSR count). The molecule has 1 N–H and O–H groups in total. The standard InChI is InChI=1S/C15H11NO4S/c17-15(18)12-6-7-13(20-12)21(19)9-11-4-1-3-10-5-2-8-16-14(10)11/h1-8H,9H2,(H,17,18). The maximum Gasteiger partial charge on any atom is 0.371 e. The van der Waals surface area contributed by atoms with E-state index in [-0.39, 0.29) is 16.6 Å². The molecular formula is C15H11NO4S. The van der Waals surface area contributed by atoms with E-state index >= 15 is 0 Å². The Balaban J connectivity index is 1.91. The molecule has 0 saturated carbocycles. The van der Waals surface area contributed by atoms with Gasteiger partial charge in [-0.2, -0.15) is 0 Å². The number of pyridine rings is 1. The number of benzene rings is 1. The van der Waals surface area contributed by atoms with Gasteiger partial charge in [0.15, 0.2) is 5.09 Å². The van der Waals surface area contributed by atoms with E-state index in [2.05, 4.69) is 4.98 Å². The number of aromatic carboxylic acids is 1. The number of rotatable bonds is 4. The van der Waals surface area contributed by atoms with Crippen LogP contribution in [0, 0.1) is 0 Å². The summed E-state index contributed by atoms with van der Waals surface area (Å²) in [7, 11) is -1.46. The van der Waals surface area contributed by atoms with Gasteiger partial charge in [-0.3, -0.25) is 9.19 Å². The number of furan rings is 1. The maximum atomic E-state index is 12.3. The zero-order chi connectivity index (χ0) is 14.8. The lowest BCUT2D eigenvalue weighted by molar-refractivity contribution is 0.0656. The summed E-state index contributed by atoms with van der Waals surface area (Å²) >= 11 is 0. The molecule has 21 heavy (non-hydrogen) atoms. The zero-order valence-electron chi connectivity index (χ0n) is 10.9. The van der Waals surface area contributed by atoms with Crippen molar-refractivity contribution < 1.29 is 18.5 Å². The number of aromatic nitrogens is 1. The van der Waals surface area contributed by atoms with Crippen molar-refractivity contribution in [1.29, 1.82) is 0 Å². The van der Waals surface area contributed by atoms with E-state index in [4.69, 9.17) is 9.52 Å². The van der Waals surface area contributed by atoms with Crippen LogP contribution in [0.2, 0.25) is 0 Å². The monoisotopic (exact) mass is 301 g/mol. The van der Waals surface area contributed by atoms with Crippen LogP contribution < -0.4 is 0 Å². The van der Waals surface area contributed by atoms with Crippen LogP contribution >= 0.6 is 0 Å². The quantitative estimate of drug-likeness (QED) is 0.801. The molecule has 0 spiro atoms. The first-order valence-corrected chi connectivity index (χ1v) is 7.51. The molecule has 6 heteroatoms. The van der Waals surface area contributed by atoms with Gasteiger partial charge < -0.3 is 9.52 Å². The number of hydrogen-bond donors (Lipinski definition) is 1. The Morgan fingerprint density at radius 3 is 2.76 bits per heavy atom. The lowest BCUT2D eigenvalue weighted by Gasteiger charge is -2.04. The van der Waals surface area contributed by atoms with Gasteiger partial charge in [-0.15, -0.1) is 0 Å². The molecule has 1 atom stereocenters. The van der Waals surface area contributed by atoms with Crippen LogP contribution in [0.5, 0.6) is 0 Å². The number of hydrogen-bond acceptors (Lipinski definition) is 4. The summed E-state index contributed by atoms with van der Waals surface area (Å²) in [6.45, 7) is 0. The predicted molar refractivity (Wildman–Crippen MR) is 77.5 cm³/mol. The van der Waals surface area contributed by atoms with Gasteiger partial charge in [0.1, 0.15) is 0 Å². The highest BCUT2D eigenvalue weighted by Gasteiger charge is 2.15. The third-order valence-electron chi connectivity index (χ3n) is 3.02. The fourth-order valence-corrected chi connectivity index (χ4v) is 3.11. The normalized spacial score (nSPS) is 12.4. The van der Waals surface area contributed by atoms with Crippen LogP contribution in [0.1, 0.15) is 16.1 Å². The first-order valence-electron chi connectivity index (χ1n) is 6.19. The first-order chi connectivity index (χ1) is 10.1. The molecule has 2 heterocycles. The lowest BCUT2D eigenvalue weighted by atomic mass is 10.1. The number of fused-ring (bicyclic) bond motifs is 1. The van der Waals surface area contributed by atoms with Crippen LogP contribution in [-0.4, -0.2) is 20.3 Å². The van der Waals surface area contributed by atoms with Gasteiger partial charge in [0.25, 0.3) is 0 Å². The fraction of sp³-hybridized carbons (Fsp3) is 0.0667. The summed E-state index contributed by atoms with van der Waals surface area (Å²) < 4.78 is 17.4. The molecule has 0 bridgehead atoms. The Bertz CT molecular complexity index is 835. The molecular weight excluding hydrogens is 290 g/mol. The number of para-hydroxylation sites is 1. The molecule has 0 fully saturated rings. The SMILES string of the molecule is O=C(O)c1ccc(S(=O)Cc2cccc3cccnc23)o1. The molecule has 0 aliphatic rings. The highest BCUT2D eigenvalue weighted by molar-refractivity contribution is 7.84. The second-order valence-electron chi connectivity index (χ2n) is 4.41. The van der Waals surface area contributed by atoms with Crippen molar-refractivity contribution in [2.24, 2.45) is 0 Å². The van der Waals surface area contributed by atoms with Crippen molar-refractivity contribution in [3.05, 3.63) is 60.0 Å². The molecule has 1 aromatic carbocycles. The number of carbonyl (C=O) groups is 1. The van der Waals surface area contributed by atoms with Crippen LogP contribution in [-0.2, 0) is 16.6 Å². The van der Waals surface area contributed by atoms with Gasteiger partial charge in [-0.05, 0) is 23.8 Å². The molecule has 0 saturated heterocycles. The smallest absolute Gasteiger partial charge is 0.371 e. The molecule has 0 aliphatic carbocycles. The first kappa shape index (κ1) is 13.5. The topological polar surface area (TPSA) is 80.4 Å². The van der Waals surface area contributed by atoms with Crippen molar-refractivity contribution >= 4 is 27.7 Å². The maximum absolute atomic E-state index is 12.3. The lowest BCUT2D eigenvalue weighted by Crippen LogP contribution is -1.97. The van der Waals surface area contributed by atoms with E-state index in [0.29, 0.717) is 0 Å². The summed E-state index contributed by atoms with van der Waals surface area (Å²) in [5.74, 6) is -1.17. The summed E-state index contributed by atoms with van der Waals surface area (Å²) in [4.78, 5) is 15.1. The molecule has 3 aromatic rings. The van der Waals surface area contributed by atoms with E-state index in [1.165, 1.54) is 12.1 Å². The third-order valence-corrected chi connectivity index (χ3v) is 4.26. The molecule has 1 unspecified atom stereocenters. The number of carboxylic acid groups (broad SMARTS) is 1. The fourth-order valence-electron chi connectivity index (χ4n) is 2.05. The average molecular weight is 301 g/mol. The van der Waals surface area contributed by atoms with E-state index < -0.39 is 16.8 Å². The average Bonchev–Trinajstić information content (AvgIpc) is 2.98.